The molecule has 0 unspecified atom stereocenters. The van der Waals surface area contributed by atoms with Gasteiger partial charge in [0.2, 0.25) is 0 Å². The first kappa shape index (κ1) is 13.1. The van der Waals surface area contributed by atoms with Crippen molar-refractivity contribution in [1.29, 1.82) is 0 Å². The van der Waals surface area contributed by atoms with Crippen LogP contribution < -0.4 is 5.32 Å². The van der Waals surface area contributed by atoms with E-state index >= 15 is 0 Å². The molecule has 1 N–H and O–H groups in total. The van der Waals surface area contributed by atoms with Gasteiger partial charge in [-0.15, -0.1) is 0 Å². The Balaban J connectivity index is 2.21. The van der Waals surface area contributed by atoms with Crippen LogP contribution in [0.15, 0.2) is 41.0 Å². The van der Waals surface area contributed by atoms with E-state index in [1.54, 1.807) is 12.3 Å². The van der Waals surface area contributed by atoms with E-state index in [0.29, 0.717) is 10.0 Å². The van der Waals surface area contributed by atoms with Crippen LogP contribution in [0.25, 0.3) is 0 Å². The minimum Gasteiger partial charge on any atom is -0.322 e. The highest BCUT2D eigenvalue weighted by molar-refractivity contribution is 9.10. The molecule has 92 valence electrons. The number of carbonyl (C=O) groups is 1. The molecule has 1 aromatic heterocycles. The highest BCUT2D eigenvalue weighted by Gasteiger charge is 2.12. The molecule has 5 heteroatoms. The zero-order chi connectivity index (χ0) is 13.1. The summed E-state index contributed by atoms with van der Waals surface area (Å²) in [6.45, 7) is 1.99. The molecule has 0 saturated heterocycles. The summed E-state index contributed by atoms with van der Waals surface area (Å²) in [6, 6.07) is 9.17. The summed E-state index contributed by atoms with van der Waals surface area (Å²) in [5, 5.41) is 2.95. The largest absolute Gasteiger partial charge is 0.322 e. The van der Waals surface area contributed by atoms with Gasteiger partial charge in [-0.3, -0.25) is 4.79 Å². The van der Waals surface area contributed by atoms with Crippen LogP contribution in [0.2, 0.25) is 5.15 Å². The van der Waals surface area contributed by atoms with Gasteiger partial charge in [-0.1, -0.05) is 29.3 Å². The summed E-state index contributed by atoms with van der Waals surface area (Å²) in [7, 11) is 0. The smallest absolute Gasteiger partial charge is 0.258 e. The van der Waals surface area contributed by atoms with Gasteiger partial charge in [0, 0.05) is 16.4 Å². The number of amides is 1. The SMILES string of the molecule is Cc1ccc(NC(=O)c2cc(Br)cnc2Cl)cc1. The summed E-state index contributed by atoms with van der Waals surface area (Å²) in [4.78, 5) is 15.9. The van der Waals surface area contributed by atoms with Gasteiger partial charge in [0.15, 0.2) is 0 Å². The van der Waals surface area contributed by atoms with Crippen LogP contribution >= 0.6 is 27.5 Å². The molecule has 0 saturated carbocycles. The first-order valence-electron chi connectivity index (χ1n) is 5.25. The van der Waals surface area contributed by atoms with Crippen molar-refractivity contribution in [2.45, 2.75) is 6.92 Å². The fourth-order valence-corrected chi connectivity index (χ4v) is 1.94. The summed E-state index contributed by atoms with van der Waals surface area (Å²) in [5.41, 5.74) is 2.20. The molecule has 0 spiro atoms. The lowest BCUT2D eigenvalue weighted by Gasteiger charge is -2.07. The number of hydrogen-bond acceptors (Lipinski definition) is 2. The molecular weight excluding hydrogens is 316 g/mol. The van der Waals surface area contributed by atoms with E-state index in [4.69, 9.17) is 11.6 Å². The monoisotopic (exact) mass is 324 g/mol. The molecule has 0 aliphatic heterocycles. The van der Waals surface area contributed by atoms with Gasteiger partial charge in [-0.05, 0) is 41.1 Å². The number of anilines is 1. The Bertz CT molecular complexity index is 584. The standard InChI is InChI=1S/C13H10BrClN2O/c1-8-2-4-10(5-3-8)17-13(18)11-6-9(14)7-16-12(11)15/h2-7H,1H3,(H,17,18). The maximum Gasteiger partial charge on any atom is 0.258 e. The topological polar surface area (TPSA) is 42.0 Å². The number of halogens is 2. The molecule has 1 amide bonds. The maximum absolute atomic E-state index is 12.0. The van der Waals surface area contributed by atoms with Crippen LogP contribution in [-0.2, 0) is 0 Å². The lowest BCUT2D eigenvalue weighted by molar-refractivity contribution is 0.102. The Kier molecular flexibility index (Phi) is 3.99. The second kappa shape index (κ2) is 5.50. The predicted octanol–water partition coefficient (Wildman–Crippen LogP) is 4.06. The maximum atomic E-state index is 12.0. The second-order valence-corrected chi connectivity index (χ2v) is 5.09. The number of nitrogens with zero attached hydrogens (tertiary/aromatic N) is 1. The Hall–Kier alpha value is -1.39. The Morgan fingerprint density at radius 2 is 2.00 bits per heavy atom. The fourth-order valence-electron chi connectivity index (χ4n) is 1.42. The van der Waals surface area contributed by atoms with E-state index in [2.05, 4.69) is 26.2 Å². The lowest BCUT2D eigenvalue weighted by Crippen LogP contribution is -2.13. The molecule has 1 heterocycles. The number of aryl methyl sites for hydroxylation is 1. The van der Waals surface area contributed by atoms with E-state index < -0.39 is 0 Å². The number of hydrogen-bond donors (Lipinski definition) is 1. The Labute approximate surface area is 118 Å². The molecule has 2 rings (SSSR count). The summed E-state index contributed by atoms with van der Waals surface area (Å²) < 4.78 is 0.709. The Morgan fingerprint density at radius 1 is 1.33 bits per heavy atom. The van der Waals surface area contributed by atoms with Crippen molar-refractivity contribution in [3.8, 4) is 0 Å². The van der Waals surface area contributed by atoms with Crippen molar-refractivity contribution < 1.29 is 4.79 Å². The quantitative estimate of drug-likeness (QED) is 0.846. The number of pyridine rings is 1. The number of nitrogens with one attached hydrogen (secondary N) is 1. The van der Waals surface area contributed by atoms with Gasteiger partial charge in [0.1, 0.15) is 5.15 Å². The summed E-state index contributed by atoms with van der Waals surface area (Å²) >= 11 is 9.15. The first-order valence-corrected chi connectivity index (χ1v) is 6.42. The van der Waals surface area contributed by atoms with E-state index in [1.807, 2.05) is 31.2 Å². The van der Waals surface area contributed by atoms with Gasteiger partial charge in [0.05, 0.1) is 5.56 Å². The van der Waals surface area contributed by atoms with Crippen molar-refractivity contribution in [3.63, 3.8) is 0 Å². The molecule has 1 aromatic carbocycles. The molecule has 0 aliphatic carbocycles. The normalized spacial score (nSPS) is 10.2. The third-order valence-electron chi connectivity index (χ3n) is 2.36. The van der Waals surface area contributed by atoms with Crippen LogP contribution in [0.1, 0.15) is 15.9 Å². The van der Waals surface area contributed by atoms with Crippen molar-refractivity contribution in [2.24, 2.45) is 0 Å². The predicted molar refractivity (Wildman–Crippen MR) is 76.1 cm³/mol. The molecular formula is C13H10BrClN2O. The van der Waals surface area contributed by atoms with Crippen molar-refractivity contribution in [2.75, 3.05) is 5.32 Å². The highest BCUT2D eigenvalue weighted by atomic mass is 79.9. The van der Waals surface area contributed by atoms with Crippen LogP contribution in [0, 0.1) is 6.92 Å². The minimum atomic E-state index is -0.280. The van der Waals surface area contributed by atoms with Crippen LogP contribution in [0.5, 0.6) is 0 Å². The lowest BCUT2D eigenvalue weighted by atomic mass is 10.2. The first-order chi connectivity index (χ1) is 8.56. The van der Waals surface area contributed by atoms with Gasteiger partial charge in [-0.25, -0.2) is 4.98 Å². The minimum absolute atomic E-state index is 0.183. The second-order valence-electron chi connectivity index (χ2n) is 3.81. The highest BCUT2D eigenvalue weighted by Crippen LogP contribution is 2.19. The third kappa shape index (κ3) is 3.09. The molecule has 2 aromatic rings. The van der Waals surface area contributed by atoms with E-state index in [9.17, 15) is 4.79 Å². The molecule has 3 nitrogen and oxygen atoms in total. The van der Waals surface area contributed by atoms with E-state index in [1.165, 1.54) is 0 Å². The third-order valence-corrected chi connectivity index (χ3v) is 3.09. The van der Waals surface area contributed by atoms with Gasteiger partial charge < -0.3 is 5.32 Å². The van der Waals surface area contributed by atoms with Gasteiger partial charge in [0.25, 0.3) is 5.91 Å². The summed E-state index contributed by atoms with van der Waals surface area (Å²) in [5.74, 6) is -0.280. The number of carbonyl (C=O) groups excluding carboxylic acids is 1. The van der Waals surface area contributed by atoms with Crippen molar-refractivity contribution >= 4 is 39.1 Å². The molecule has 0 bridgehead atoms. The number of rotatable bonds is 2. The number of benzene rings is 1. The van der Waals surface area contributed by atoms with Crippen molar-refractivity contribution in [1.82, 2.24) is 4.98 Å². The average molecular weight is 326 g/mol. The zero-order valence-corrected chi connectivity index (χ0v) is 11.9. The summed E-state index contributed by atoms with van der Waals surface area (Å²) in [6.07, 6.45) is 1.55. The molecule has 0 atom stereocenters. The zero-order valence-electron chi connectivity index (χ0n) is 9.58. The molecule has 0 fully saturated rings. The Morgan fingerprint density at radius 3 is 2.67 bits per heavy atom. The number of aromatic nitrogens is 1. The van der Waals surface area contributed by atoms with Crippen LogP contribution in [-0.4, -0.2) is 10.9 Å². The molecule has 18 heavy (non-hydrogen) atoms. The van der Waals surface area contributed by atoms with E-state index in [-0.39, 0.29) is 11.1 Å². The van der Waals surface area contributed by atoms with E-state index in [0.717, 1.165) is 11.3 Å². The van der Waals surface area contributed by atoms with Gasteiger partial charge >= 0.3 is 0 Å². The van der Waals surface area contributed by atoms with Crippen LogP contribution in [0.3, 0.4) is 0 Å². The molecule has 0 aliphatic rings. The van der Waals surface area contributed by atoms with Crippen molar-refractivity contribution in [3.05, 3.63) is 57.3 Å². The van der Waals surface area contributed by atoms with Crippen LogP contribution in [0.4, 0.5) is 5.69 Å². The average Bonchev–Trinajstić information content (AvgIpc) is 2.35. The fraction of sp³-hybridized carbons (Fsp3) is 0.0769. The van der Waals surface area contributed by atoms with Gasteiger partial charge in [-0.2, -0.15) is 0 Å². The molecule has 0 radical (unpaired) electrons.